The summed E-state index contributed by atoms with van der Waals surface area (Å²) in [5, 5.41) is 6.97. The Morgan fingerprint density at radius 2 is 2.00 bits per heavy atom. The normalized spacial score (nSPS) is 11.5. The van der Waals surface area contributed by atoms with Gasteiger partial charge in [0, 0.05) is 0 Å². The molecule has 2 heterocycles. The molecule has 0 fully saturated rings. The number of hydrogen-bond donors (Lipinski definition) is 1. The molecule has 2 aromatic rings. The lowest BCUT2D eigenvalue weighted by molar-refractivity contribution is 0.597. The van der Waals surface area contributed by atoms with Crippen LogP contribution in [-0.4, -0.2) is 23.3 Å². The van der Waals surface area contributed by atoms with Crippen LogP contribution < -0.4 is 4.83 Å². The molecule has 0 atom stereocenters. The van der Waals surface area contributed by atoms with Crippen LogP contribution in [0.2, 0.25) is 0 Å². The highest BCUT2D eigenvalue weighted by Crippen LogP contribution is 2.25. The zero-order valence-corrected chi connectivity index (χ0v) is 10.4. The van der Waals surface area contributed by atoms with Crippen LogP contribution in [0.5, 0.6) is 0 Å². The first-order valence-electron chi connectivity index (χ1n) is 3.71. The average molecular weight is 309 g/mol. The maximum absolute atomic E-state index is 11.7. The van der Waals surface area contributed by atoms with Gasteiger partial charge >= 0.3 is 0 Å². The molecule has 9 heteroatoms. The molecule has 0 saturated heterocycles. The number of nitrogens with zero attached hydrogens (tertiary/aromatic N) is 3. The first kappa shape index (κ1) is 10.6. The molecule has 0 bridgehead atoms. The molecule has 0 radical (unpaired) electrons. The summed E-state index contributed by atoms with van der Waals surface area (Å²) in [6, 6.07) is 3.19. The highest BCUT2D eigenvalue weighted by atomic mass is 79.9. The van der Waals surface area contributed by atoms with Crippen molar-refractivity contribution in [2.24, 2.45) is 0 Å². The maximum atomic E-state index is 11.7. The fourth-order valence-corrected chi connectivity index (χ4v) is 3.84. The zero-order chi connectivity index (χ0) is 10.9. The Hall–Kier alpha value is -0.930. The largest absolute Gasteiger partial charge is 0.284 e. The van der Waals surface area contributed by atoms with Crippen molar-refractivity contribution in [1.29, 1.82) is 0 Å². The van der Waals surface area contributed by atoms with E-state index in [2.05, 4.69) is 31.0 Å². The van der Waals surface area contributed by atoms with Crippen molar-refractivity contribution in [1.82, 2.24) is 14.9 Å². The summed E-state index contributed by atoms with van der Waals surface area (Å²) in [4.78, 5) is 2.28. The lowest BCUT2D eigenvalue weighted by atomic mass is 10.7. The van der Waals surface area contributed by atoms with E-state index in [1.807, 2.05) is 0 Å². The van der Waals surface area contributed by atoms with Crippen LogP contribution in [-0.2, 0) is 10.0 Å². The quantitative estimate of drug-likeness (QED) is 0.919. The number of aromatic nitrogens is 3. The Balaban J connectivity index is 2.28. The van der Waals surface area contributed by atoms with Crippen molar-refractivity contribution in [2.45, 2.75) is 4.21 Å². The number of sulfonamides is 1. The molecule has 6 nitrogen and oxygen atoms in total. The molecule has 0 saturated carbocycles. The summed E-state index contributed by atoms with van der Waals surface area (Å²) in [6.45, 7) is 0. The summed E-state index contributed by atoms with van der Waals surface area (Å²) in [6.07, 6.45) is 2.53. The third kappa shape index (κ3) is 2.36. The molecule has 2 aromatic heterocycles. The van der Waals surface area contributed by atoms with E-state index in [9.17, 15) is 8.42 Å². The van der Waals surface area contributed by atoms with Crippen molar-refractivity contribution >= 4 is 37.3 Å². The van der Waals surface area contributed by atoms with Crippen molar-refractivity contribution in [3.05, 3.63) is 28.6 Å². The van der Waals surface area contributed by atoms with Gasteiger partial charge in [0.25, 0.3) is 10.0 Å². The third-order valence-electron chi connectivity index (χ3n) is 1.46. The monoisotopic (exact) mass is 308 g/mol. The molecular formula is C6H5BrN4O2S2. The molecule has 0 aliphatic rings. The highest BCUT2D eigenvalue weighted by Gasteiger charge is 2.16. The molecule has 0 spiro atoms. The SMILES string of the molecule is O=S(=O)(Nn1cnnc1)c1ccc(Br)s1. The lowest BCUT2D eigenvalue weighted by Gasteiger charge is -2.04. The summed E-state index contributed by atoms with van der Waals surface area (Å²) < 4.78 is 25.6. The molecule has 0 unspecified atom stereocenters. The van der Waals surface area contributed by atoms with E-state index in [1.165, 1.54) is 23.4 Å². The smallest absolute Gasteiger partial charge is 0.221 e. The fourth-order valence-electron chi connectivity index (χ4n) is 0.874. The molecule has 0 aliphatic heterocycles. The van der Waals surface area contributed by atoms with Gasteiger partial charge in [-0.15, -0.1) is 21.5 Å². The number of halogens is 1. The molecule has 0 aliphatic carbocycles. The van der Waals surface area contributed by atoms with Gasteiger partial charge in [0.1, 0.15) is 16.9 Å². The molecule has 0 amide bonds. The number of thiophene rings is 1. The minimum Gasteiger partial charge on any atom is -0.221 e. The van der Waals surface area contributed by atoms with Gasteiger partial charge in [-0.25, -0.2) is 9.51 Å². The predicted molar refractivity (Wildman–Crippen MR) is 58.6 cm³/mol. The highest BCUT2D eigenvalue weighted by molar-refractivity contribution is 9.11. The van der Waals surface area contributed by atoms with E-state index in [0.717, 1.165) is 15.1 Å². The molecular weight excluding hydrogens is 304 g/mol. The van der Waals surface area contributed by atoms with Crippen LogP contribution in [0, 0.1) is 0 Å². The lowest BCUT2D eigenvalue weighted by Crippen LogP contribution is -2.21. The van der Waals surface area contributed by atoms with Gasteiger partial charge in [-0.05, 0) is 28.1 Å². The number of rotatable bonds is 3. The Labute approximate surface area is 98.1 Å². The second-order valence-corrected chi connectivity index (χ2v) is 6.87. The molecule has 15 heavy (non-hydrogen) atoms. The van der Waals surface area contributed by atoms with Crippen LogP contribution in [0.3, 0.4) is 0 Å². The predicted octanol–water partition coefficient (Wildman–Crippen LogP) is 1.03. The Bertz CT molecular complexity index is 547. The van der Waals surface area contributed by atoms with Crippen LogP contribution in [0.15, 0.2) is 32.8 Å². The number of hydrogen-bond acceptors (Lipinski definition) is 5. The van der Waals surface area contributed by atoms with E-state index >= 15 is 0 Å². The first-order valence-corrected chi connectivity index (χ1v) is 6.80. The molecule has 2 rings (SSSR count). The van der Waals surface area contributed by atoms with Gasteiger partial charge in [-0.2, -0.15) is 8.42 Å². The molecule has 1 N–H and O–H groups in total. The average Bonchev–Trinajstić information content (AvgIpc) is 2.75. The standard InChI is InChI=1S/C6H5BrN4O2S2/c7-5-1-2-6(14-5)15(12,13)10-11-3-8-9-4-11/h1-4,10H. The van der Waals surface area contributed by atoms with E-state index < -0.39 is 10.0 Å². The Kier molecular flexibility index (Phi) is 2.76. The topological polar surface area (TPSA) is 76.9 Å². The summed E-state index contributed by atoms with van der Waals surface area (Å²) in [5.74, 6) is 0. The van der Waals surface area contributed by atoms with Crippen molar-refractivity contribution in [2.75, 3.05) is 4.83 Å². The fraction of sp³-hybridized carbons (Fsp3) is 0. The first-order chi connectivity index (χ1) is 7.08. The summed E-state index contributed by atoms with van der Waals surface area (Å²) >= 11 is 4.33. The molecule has 0 aromatic carbocycles. The van der Waals surface area contributed by atoms with Gasteiger partial charge in [-0.1, -0.05) is 0 Å². The molecule has 80 valence electrons. The number of nitrogens with one attached hydrogen (secondary N) is 1. The minimum atomic E-state index is -3.54. The van der Waals surface area contributed by atoms with Crippen molar-refractivity contribution < 1.29 is 8.42 Å². The summed E-state index contributed by atoms with van der Waals surface area (Å²) in [5.41, 5.74) is 0. The van der Waals surface area contributed by atoms with Gasteiger partial charge in [0.05, 0.1) is 3.79 Å². The van der Waals surface area contributed by atoms with Gasteiger partial charge in [0.15, 0.2) is 0 Å². The Morgan fingerprint density at radius 3 is 2.53 bits per heavy atom. The van der Waals surface area contributed by atoms with Crippen LogP contribution >= 0.6 is 27.3 Å². The maximum Gasteiger partial charge on any atom is 0.284 e. The second kappa shape index (κ2) is 3.91. The van der Waals surface area contributed by atoms with E-state index in [4.69, 9.17) is 0 Å². The van der Waals surface area contributed by atoms with Gasteiger partial charge in [-0.3, -0.25) is 0 Å². The van der Waals surface area contributed by atoms with Crippen molar-refractivity contribution in [3.8, 4) is 0 Å². The summed E-state index contributed by atoms with van der Waals surface area (Å²) in [7, 11) is -3.54. The van der Waals surface area contributed by atoms with Crippen LogP contribution in [0.4, 0.5) is 0 Å². The van der Waals surface area contributed by atoms with E-state index in [1.54, 1.807) is 6.07 Å². The zero-order valence-electron chi connectivity index (χ0n) is 7.16. The second-order valence-electron chi connectivity index (χ2n) is 2.52. The van der Waals surface area contributed by atoms with Gasteiger partial charge in [0.2, 0.25) is 0 Å². The van der Waals surface area contributed by atoms with Crippen LogP contribution in [0.1, 0.15) is 0 Å². The third-order valence-corrected chi connectivity index (χ3v) is 4.90. The van der Waals surface area contributed by atoms with Crippen molar-refractivity contribution in [3.63, 3.8) is 0 Å². The van der Waals surface area contributed by atoms with Crippen LogP contribution in [0.25, 0.3) is 0 Å². The Morgan fingerprint density at radius 1 is 1.33 bits per heavy atom. The van der Waals surface area contributed by atoms with Gasteiger partial charge < -0.3 is 0 Å². The van der Waals surface area contributed by atoms with E-state index in [-0.39, 0.29) is 4.21 Å². The minimum absolute atomic E-state index is 0.225. The van der Waals surface area contributed by atoms with E-state index in [0.29, 0.717) is 0 Å².